The molecule has 0 radical (unpaired) electrons. The lowest BCUT2D eigenvalue weighted by molar-refractivity contribution is 0.0955. The molecule has 1 atom stereocenters. The van der Waals surface area contributed by atoms with E-state index in [9.17, 15) is 4.79 Å². The molecule has 1 aromatic rings. The van der Waals surface area contributed by atoms with Crippen LogP contribution in [0.2, 0.25) is 0 Å². The summed E-state index contributed by atoms with van der Waals surface area (Å²) in [5.74, 6) is 0.425. The molecule has 0 amide bonds. The minimum atomic E-state index is -0.716. The number of ketones is 1. The Morgan fingerprint density at radius 1 is 1.10 bits per heavy atom. The minimum Gasteiger partial charge on any atom is -0.490 e. The standard InChI is InChI=1S/C16H21NO4/c1-5-19-13-8-12(15(18)11(4)10-17)9-14(20-6-2)16(13)21-7-3/h8-9,11H,5-7H2,1-4H3. The molecule has 0 saturated carbocycles. The van der Waals surface area contributed by atoms with Gasteiger partial charge < -0.3 is 14.2 Å². The van der Waals surface area contributed by atoms with E-state index >= 15 is 0 Å². The second-order valence-corrected chi connectivity index (χ2v) is 4.32. The number of nitrogens with zero attached hydrogens (tertiary/aromatic N) is 1. The monoisotopic (exact) mass is 291 g/mol. The van der Waals surface area contributed by atoms with Crippen molar-refractivity contribution in [2.45, 2.75) is 27.7 Å². The third-order valence-electron chi connectivity index (χ3n) is 2.78. The zero-order valence-electron chi connectivity index (χ0n) is 12.9. The van der Waals surface area contributed by atoms with Gasteiger partial charge in [-0.05, 0) is 39.8 Å². The van der Waals surface area contributed by atoms with E-state index in [0.717, 1.165) is 0 Å². The number of rotatable bonds is 8. The minimum absolute atomic E-state index is 0.262. The van der Waals surface area contributed by atoms with E-state index in [0.29, 0.717) is 42.6 Å². The molecule has 0 heterocycles. The Morgan fingerprint density at radius 3 is 1.95 bits per heavy atom. The van der Waals surface area contributed by atoms with Gasteiger partial charge in [0.25, 0.3) is 0 Å². The van der Waals surface area contributed by atoms with Crippen LogP contribution >= 0.6 is 0 Å². The number of hydrogen-bond donors (Lipinski definition) is 0. The number of ether oxygens (including phenoxy) is 3. The fourth-order valence-corrected chi connectivity index (χ4v) is 1.84. The second kappa shape index (κ2) is 8.15. The summed E-state index contributed by atoms with van der Waals surface area (Å²) >= 11 is 0. The van der Waals surface area contributed by atoms with Crippen LogP contribution in [0.4, 0.5) is 0 Å². The molecule has 1 unspecified atom stereocenters. The maximum absolute atomic E-state index is 12.2. The van der Waals surface area contributed by atoms with Crippen LogP contribution in [0, 0.1) is 17.2 Å². The Bertz CT molecular complexity index is 507. The van der Waals surface area contributed by atoms with Gasteiger partial charge in [0.05, 0.1) is 25.9 Å². The summed E-state index contributed by atoms with van der Waals surface area (Å²) < 4.78 is 16.6. The first-order valence-corrected chi connectivity index (χ1v) is 7.09. The Hall–Kier alpha value is -2.22. The van der Waals surface area contributed by atoms with Gasteiger partial charge in [-0.1, -0.05) is 0 Å². The average molecular weight is 291 g/mol. The summed E-state index contributed by atoms with van der Waals surface area (Å²) in [5, 5.41) is 8.89. The lowest BCUT2D eigenvalue weighted by Gasteiger charge is -2.17. The van der Waals surface area contributed by atoms with Crippen LogP contribution in [-0.2, 0) is 0 Å². The molecule has 0 fully saturated rings. The molecular weight excluding hydrogens is 270 g/mol. The van der Waals surface area contributed by atoms with Crippen LogP contribution in [0.3, 0.4) is 0 Å². The largest absolute Gasteiger partial charge is 0.490 e. The van der Waals surface area contributed by atoms with Gasteiger partial charge in [0.2, 0.25) is 5.75 Å². The van der Waals surface area contributed by atoms with Crippen molar-refractivity contribution in [2.75, 3.05) is 19.8 Å². The van der Waals surface area contributed by atoms with Gasteiger partial charge in [-0.15, -0.1) is 0 Å². The first-order valence-electron chi connectivity index (χ1n) is 7.09. The van der Waals surface area contributed by atoms with E-state index in [1.165, 1.54) is 0 Å². The predicted molar refractivity (Wildman–Crippen MR) is 79.1 cm³/mol. The third kappa shape index (κ3) is 4.12. The van der Waals surface area contributed by atoms with Crippen molar-refractivity contribution in [3.63, 3.8) is 0 Å². The highest BCUT2D eigenvalue weighted by molar-refractivity contribution is 6.00. The number of Topliss-reactive ketones (excluding diaryl/α,β-unsaturated/α-hetero) is 1. The second-order valence-electron chi connectivity index (χ2n) is 4.32. The zero-order chi connectivity index (χ0) is 15.8. The molecule has 1 aromatic carbocycles. The number of benzene rings is 1. The fraction of sp³-hybridized carbons (Fsp3) is 0.500. The normalized spacial score (nSPS) is 11.4. The molecule has 0 N–H and O–H groups in total. The maximum Gasteiger partial charge on any atom is 0.203 e. The van der Waals surface area contributed by atoms with E-state index in [1.807, 2.05) is 26.8 Å². The van der Waals surface area contributed by atoms with Crippen LogP contribution in [0.25, 0.3) is 0 Å². The molecule has 0 aliphatic heterocycles. The number of hydrogen-bond acceptors (Lipinski definition) is 5. The van der Waals surface area contributed by atoms with Crippen LogP contribution in [0.15, 0.2) is 12.1 Å². The van der Waals surface area contributed by atoms with Crippen LogP contribution in [-0.4, -0.2) is 25.6 Å². The molecular formula is C16H21NO4. The van der Waals surface area contributed by atoms with Crippen molar-refractivity contribution < 1.29 is 19.0 Å². The molecule has 5 heteroatoms. The summed E-state index contributed by atoms with van der Waals surface area (Å²) in [7, 11) is 0. The van der Waals surface area contributed by atoms with Crippen molar-refractivity contribution in [1.82, 2.24) is 0 Å². The van der Waals surface area contributed by atoms with E-state index in [-0.39, 0.29) is 5.78 Å². The van der Waals surface area contributed by atoms with Crippen molar-refractivity contribution in [3.8, 4) is 23.3 Å². The van der Waals surface area contributed by atoms with Gasteiger partial charge in [0.15, 0.2) is 17.3 Å². The molecule has 5 nitrogen and oxygen atoms in total. The molecule has 0 aliphatic carbocycles. The lowest BCUT2D eigenvalue weighted by Crippen LogP contribution is -2.11. The third-order valence-corrected chi connectivity index (χ3v) is 2.78. The fourth-order valence-electron chi connectivity index (χ4n) is 1.84. The summed E-state index contributed by atoms with van der Waals surface area (Å²) in [6.07, 6.45) is 0. The highest BCUT2D eigenvalue weighted by Crippen LogP contribution is 2.39. The van der Waals surface area contributed by atoms with Crippen LogP contribution < -0.4 is 14.2 Å². The number of carbonyl (C=O) groups excluding carboxylic acids is 1. The summed E-state index contributed by atoms with van der Waals surface area (Å²) in [6, 6.07) is 5.15. The molecule has 0 aromatic heterocycles. The van der Waals surface area contributed by atoms with Gasteiger partial charge in [-0.2, -0.15) is 5.26 Å². The van der Waals surface area contributed by atoms with Gasteiger partial charge in [0, 0.05) is 5.56 Å². The summed E-state index contributed by atoms with van der Waals surface area (Å²) in [4.78, 5) is 12.2. The molecule has 1 rings (SSSR count). The number of carbonyl (C=O) groups is 1. The molecule has 114 valence electrons. The summed E-state index contributed by atoms with van der Waals surface area (Å²) in [6.45, 7) is 8.48. The highest BCUT2D eigenvalue weighted by Gasteiger charge is 2.21. The van der Waals surface area contributed by atoms with E-state index in [1.54, 1.807) is 19.1 Å². The van der Waals surface area contributed by atoms with E-state index in [2.05, 4.69) is 0 Å². The van der Waals surface area contributed by atoms with Crippen molar-refractivity contribution >= 4 is 5.78 Å². The van der Waals surface area contributed by atoms with Gasteiger partial charge >= 0.3 is 0 Å². The molecule has 21 heavy (non-hydrogen) atoms. The first-order chi connectivity index (χ1) is 10.1. The molecule has 0 bridgehead atoms. The van der Waals surface area contributed by atoms with E-state index in [4.69, 9.17) is 19.5 Å². The Morgan fingerprint density at radius 2 is 1.57 bits per heavy atom. The van der Waals surface area contributed by atoms with Gasteiger partial charge in [-0.3, -0.25) is 4.79 Å². The van der Waals surface area contributed by atoms with Crippen molar-refractivity contribution in [1.29, 1.82) is 5.26 Å². The van der Waals surface area contributed by atoms with E-state index < -0.39 is 5.92 Å². The Balaban J connectivity index is 3.35. The Kier molecular flexibility index (Phi) is 6.54. The average Bonchev–Trinajstić information content (AvgIpc) is 2.49. The van der Waals surface area contributed by atoms with Crippen molar-refractivity contribution in [2.24, 2.45) is 5.92 Å². The topological polar surface area (TPSA) is 68.6 Å². The quantitative estimate of drug-likeness (QED) is 0.688. The van der Waals surface area contributed by atoms with Gasteiger partial charge in [-0.25, -0.2) is 0 Å². The maximum atomic E-state index is 12.2. The van der Waals surface area contributed by atoms with Crippen molar-refractivity contribution in [3.05, 3.63) is 17.7 Å². The summed E-state index contributed by atoms with van der Waals surface area (Å²) in [5.41, 5.74) is 0.388. The zero-order valence-corrected chi connectivity index (χ0v) is 12.9. The Labute approximate surface area is 125 Å². The molecule has 0 saturated heterocycles. The molecule has 0 spiro atoms. The first kappa shape index (κ1) is 16.8. The van der Waals surface area contributed by atoms with Gasteiger partial charge in [0.1, 0.15) is 5.92 Å². The van der Waals surface area contributed by atoms with Crippen LogP contribution in [0.1, 0.15) is 38.1 Å². The smallest absolute Gasteiger partial charge is 0.203 e. The lowest BCUT2D eigenvalue weighted by atomic mass is 10.00. The van der Waals surface area contributed by atoms with Crippen LogP contribution in [0.5, 0.6) is 17.2 Å². The SMILES string of the molecule is CCOc1cc(C(=O)C(C)C#N)cc(OCC)c1OCC. The number of nitriles is 1. The molecule has 0 aliphatic rings. The predicted octanol–water partition coefficient (Wildman–Crippen LogP) is 3.23. The highest BCUT2D eigenvalue weighted by atomic mass is 16.5.